The van der Waals surface area contributed by atoms with Crippen molar-refractivity contribution in [3.8, 4) is 11.8 Å². The van der Waals surface area contributed by atoms with E-state index in [0.29, 0.717) is 18.5 Å². The van der Waals surface area contributed by atoms with Gasteiger partial charge in [-0.1, -0.05) is 54.3 Å². The lowest BCUT2D eigenvalue weighted by molar-refractivity contribution is -0.115. The predicted molar refractivity (Wildman–Crippen MR) is 83.8 cm³/mol. The van der Waals surface area contributed by atoms with Crippen LogP contribution < -0.4 is 5.32 Å². The number of carbonyl (C=O) groups excluding carboxylic acids is 1. The Bertz CT molecular complexity index is 654. The van der Waals surface area contributed by atoms with E-state index >= 15 is 0 Å². The van der Waals surface area contributed by atoms with Gasteiger partial charge in [0, 0.05) is 12.0 Å². The van der Waals surface area contributed by atoms with Crippen LogP contribution in [0.1, 0.15) is 17.5 Å². The number of amides is 1. The summed E-state index contributed by atoms with van der Waals surface area (Å²) in [6.45, 7) is 0.0372. The zero-order chi connectivity index (χ0) is 14.9. The van der Waals surface area contributed by atoms with Crippen molar-refractivity contribution in [2.45, 2.75) is 12.8 Å². The minimum Gasteiger partial charge on any atom is -0.395 e. The van der Waals surface area contributed by atoms with Gasteiger partial charge in [0.15, 0.2) is 0 Å². The second-order valence-electron chi connectivity index (χ2n) is 4.53. The average Bonchev–Trinajstić information content (AvgIpc) is 2.50. The Morgan fingerprint density at radius 2 is 1.76 bits per heavy atom. The number of nitrogens with one attached hydrogen (secondary N) is 1. The quantitative estimate of drug-likeness (QED) is 0.845. The molecule has 0 aliphatic heterocycles. The first-order chi connectivity index (χ1) is 10.3. The predicted octanol–water partition coefficient (Wildman–Crippen LogP) is 2.60. The molecule has 0 radical (unpaired) electrons. The molecule has 1 amide bonds. The van der Waals surface area contributed by atoms with Crippen molar-refractivity contribution in [3.05, 3.63) is 65.7 Å². The molecule has 0 heterocycles. The van der Waals surface area contributed by atoms with E-state index in [-0.39, 0.29) is 12.5 Å². The molecule has 2 aromatic rings. The van der Waals surface area contributed by atoms with Gasteiger partial charge >= 0.3 is 0 Å². The monoisotopic (exact) mass is 279 g/mol. The molecule has 2 rings (SSSR count). The number of hydrogen-bond acceptors (Lipinski definition) is 2. The number of hydrogen-bond donors (Lipinski definition) is 2. The number of rotatable bonds is 4. The van der Waals surface area contributed by atoms with Gasteiger partial charge in [-0.3, -0.25) is 4.79 Å². The molecule has 106 valence electrons. The summed E-state index contributed by atoms with van der Waals surface area (Å²) < 4.78 is 0. The van der Waals surface area contributed by atoms with Crippen LogP contribution >= 0.6 is 0 Å². The van der Waals surface area contributed by atoms with Crippen molar-refractivity contribution in [2.75, 3.05) is 11.9 Å². The fraction of sp³-hybridized carbons (Fsp3) is 0.167. The first-order valence-electron chi connectivity index (χ1n) is 6.82. The molecule has 3 heteroatoms. The SMILES string of the molecule is O=C(Cc1ccccc1)Nc1ccccc1C#CCCO. The van der Waals surface area contributed by atoms with Crippen molar-refractivity contribution in [1.29, 1.82) is 0 Å². The maximum absolute atomic E-state index is 12.1. The molecule has 0 aliphatic carbocycles. The second-order valence-corrected chi connectivity index (χ2v) is 4.53. The molecule has 2 N–H and O–H groups in total. The lowest BCUT2D eigenvalue weighted by Crippen LogP contribution is -2.15. The van der Waals surface area contributed by atoms with Crippen molar-refractivity contribution in [2.24, 2.45) is 0 Å². The third-order valence-electron chi connectivity index (χ3n) is 2.87. The normalized spacial score (nSPS) is 9.57. The topological polar surface area (TPSA) is 49.3 Å². The third kappa shape index (κ3) is 4.79. The maximum Gasteiger partial charge on any atom is 0.228 e. The smallest absolute Gasteiger partial charge is 0.228 e. The van der Waals surface area contributed by atoms with E-state index in [4.69, 9.17) is 5.11 Å². The van der Waals surface area contributed by atoms with Crippen molar-refractivity contribution < 1.29 is 9.90 Å². The number of aliphatic hydroxyl groups is 1. The highest BCUT2D eigenvalue weighted by Crippen LogP contribution is 2.14. The highest BCUT2D eigenvalue weighted by atomic mass is 16.2. The Labute approximate surface area is 124 Å². The van der Waals surface area contributed by atoms with E-state index in [1.54, 1.807) is 0 Å². The molecule has 0 bridgehead atoms. The van der Waals surface area contributed by atoms with Gasteiger partial charge in [0.1, 0.15) is 0 Å². The Morgan fingerprint density at radius 1 is 1.05 bits per heavy atom. The van der Waals surface area contributed by atoms with Crippen LogP contribution in [0.3, 0.4) is 0 Å². The molecular formula is C18H17NO2. The number of carbonyl (C=O) groups is 1. The molecule has 3 nitrogen and oxygen atoms in total. The zero-order valence-corrected chi connectivity index (χ0v) is 11.7. The number of para-hydroxylation sites is 1. The lowest BCUT2D eigenvalue weighted by Gasteiger charge is -2.07. The molecule has 0 saturated carbocycles. The summed E-state index contributed by atoms with van der Waals surface area (Å²) in [4.78, 5) is 12.1. The van der Waals surface area contributed by atoms with E-state index in [1.165, 1.54) is 0 Å². The highest BCUT2D eigenvalue weighted by Gasteiger charge is 2.06. The first-order valence-corrected chi connectivity index (χ1v) is 6.82. The largest absolute Gasteiger partial charge is 0.395 e. The molecule has 0 saturated heterocycles. The van der Waals surface area contributed by atoms with Crippen molar-refractivity contribution >= 4 is 11.6 Å². The summed E-state index contributed by atoms with van der Waals surface area (Å²) in [6, 6.07) is 17.0. The van der Waals surface area contributed by atoms with E-state index in [9.17, 15) is 4.79 Å². The van der Waals surface area contributed by atoms with Gasteiger partial charge in [-0.15, -0.1) is 0 Å². The van der Waals surface area contributed by atoms with E-state index in [0.717, 1.165) is 11.1 Å². The van der Waals surface area contributed by atoms with Crippen LogP contribution in [0.5, 0.6) is 0 Å². The molecule has 0 atom stereocenters. The molecule has 0 spiro atoms. The summed E-state index contributed by atoms with van der Waals surface area (Å²) in [6.07, 6.45) is 0.755. The van der Waals surface area contributed by atoms with Crippen LogP contribution in [0.4, 0.5) is 5.69 Å². The fourth-order valence-corrected chi connectivity index (χ4v) is 1.89. The molecule has 21 heavy (non-hydrogen) atoms. The van der Waals surface area contributed by atoms with Gasteiger partial charge in [-0.05, 0) is 17.7 Å². The summed E-state index contributed by atoms with van der Waals surface area (Å²) in [5.41, 5.74) is 2.43. The Hall–Kier alpha value is -2.57. The van der Waals surface area contributed by atoms with E-state index < -0.39 is 0 Å². The molecule has 0 aliphatic rings. The Kier molecular flexibility index (Phi) is 5.57. The van der Waals surface area contributed by atoms with Crippen LogP contribution in [0.15, 0.2) is 54.6 Å². The standard InChI is InChI=1S/C18H17NO2/c20-13-7-6-11-16-10-4-5-12-17(16)19-18(21)14-15-8-2-1-3-9-15/h1-5,8-10,12,20H,7,13-14H2,(H,19,21). The van der Waals surface area contributed by atoms with Crippen LogP contribution in [0, 0.1) is 11.8 Å². The summed E-state index contributed by atoms with van der Waals surface area (Å²) >= 11 is 0. The van der Waals surface area contributed by atoms with E-state index in [2.05, 4.69) is 17.2 Å². The van der Waals surface area contributed by atoms with Crippen LogP contribution in [0.25, 0.3) is 0 Å². The molecule has 2 aromatic carbocycles. The van der Waals surface area contributed by atoms with Gasteiger partial charge in [0.2, 0.25) is 5.91 Å². The third-order valence-corrected chi connectivity index (χ3v) is 2.87. The van der Waals surface area contributed by atoms with Crippen molar-refractivity contribution in [3.63, 3.8) is 0 Å². The van der Waals surface area contributed by atoms with Crippen molar-refractivity contribution in [1.82, 2.24) is 0 Å². The number of aliphatic hydroxyl groups excluding tert-OH is 1. The molecule has 0 unspecified atom stereocenters. The van der Waals surface area contributed by atoms with E-state index in [1.807, 2.05) is 54.6 Å². The Morgan fingerprint density at radius 3 is 2.52 bits per heavy atom. The lowest BCUT2D eigenvalue weighted by atomic mass is 10.1. The zero-order valence-electron chi connectivity index (χ0n) is 11.7. The van der Waals surface area contributed by atoms with Gasteiger partial charge in [0.25, 0.3) is 0 Å². The second kappa shape index (κ2) is 7.88. The highest BCUT2D eigenvalue weighted by molar-refractivity contribution is 5.93. The van der Waals surface area contributed by atoms with Crippen LogP contribution in [-0.2, 0) is 11.2 Å². The molecule has 0 aromatic heterocycles. The molecule has 0 fully saturated rings. The minimum absolute atomic E-state index is 0.0372. The average molecular weight is 279 g/mol. The number of benzene rings is 2. The van der Waals surface area contributed by atoms with Gasteiger partial charge in [-0.2, -0.15) is 0 Å². The van der Waals surface area contributed by atoms with Gasteiger partial charge < -0.3 is 10.4 Å². The summed E-state index contributed by atoms with van der Waals surface area (Å²) in [5.74, 6) is 5.75. The van der Waals surface area contributed by atoms with Gasteiger partial charge in [0.05, 0.1) is 18.7 Å². The Balaban J connectivity index is 2.06. The maximum atomic E-state index is 12.1. The number of anilines is 1. The molecular weight excluding hydrogens is 262 g/mol. The fourth-order valence-electron chi connectivity index (χ4n) is 1.89. The van der Waals surface area contributed by atoms with Crippen LogP contribution in [0.2, 0.25) is 0 Å². The van der Waals surface area contributed by atoms with Crippen LogP contribution in [-0.4, -0.2) is 17.6 Å². The van der Waals surface area contributed by atoms with Gasteiger partial charge in [-0.25, -0.2) is 0 Å². The first kappa shape index (κ1) is 14.8. The minimum atomic E-state index is -0.0717. The summed E-state index contributed by atoms with van der Waals surface area (Å²) in [7, 11) is 0. The summed E-state index contributed by atoms with van der Waals surface area (Å²) in [5, 5.41) is 11.6.